The van der Waals surface area contributed by atoms with Crippen molar-refractivity contribution in [3.05, 3.63) is 115 Å². The molecule has 0 saturated heterocycles. The largest absolute Gasteiger partial charge is 0.350 e. The van der Waals surface area contributed by atoms with E-state index in [1.165, 1.54) is 35.0 Å². The van der Waals surface area contributed by atoms with Crippen molar-refractivity contribution >= 4 is 69.6 Å². The standard InChI is InChI=1S/C28H20Cl3N5O4/c1-15-23(28(40)36(34(15)2)19-6-4-3-5-7-19)33-25(37)16-8-11-18(12-9-16)32-24-22(31)26(38)35(27(24)39)21-14-17(29)10-13-20(21)30/h3-14,32H,1-2H3,(H,33,37). The van der Waals surface area contributed by atoms with Crippen LogP contribution in [-0.2, 0) is 16.6 Å². The SMILES string of the molecule is Cc1c(NC(=O)c2ccc(NC3=C(Cl)C(=O)N(c4cc(Cl)ccc4Cl)C3=O)cc2)c(=O)n(-c2ccccc2)n1C. The lowest BCUT2D eigenvalue weighted by atomic mass is 10.2. The maximum atomic E-state index is 13.1. The molecule has 4 aromatic rings. The van der Waals surface area contributed by atoms with E-state index in [0.717, 1.165) is 4.90 Å². The summed E-state index contributed by atoms with van der Waals surface area (Å²) in [6.45, 7) is 1.74. The highest BCUT2D eigenvalue weighted by Crippen LogP contribution is 2.35. The van der Waals surface area contributed by atoms with Crippen LogP contribution in [0.5, 0.6) is 0 Å². The number of hydrogen-bond donors (Lipinski definition) is 2. The van der Waals surface area contributed by atoms with E-state index >= 15 is 0 Å². The molecule has 1 aliphatic heterocycles. The van der Waals surface area contributed by atoms with Crippen molar-refractivity contribution in [3.63, 3.8) is 0 Å². The lowest BCUT2D eigenvalue weighted by Gasteiger charge is -2.17. The Balaban J connectivity index is 1.34. The van der Waals surface area contributed by atoms with Gasteiger partial charge in [-0.05, 0) is 61.5 Å². The molecule has 0 spiro atoms. The Morgan fingerprint density at radius 1 is 0.850 bits per heavy atom. The summed E-state index contributed by atoms with van der Waals surface area (Å²) in [5.41, 5.74) is 1.65. The first-order chi connectivity index (χ1) is 19.1. The van der Waals surface area contributed by atoms with Gasteiger partial charge in [0.2, 0.25) is 0 Å². The second-order valence-corrected chi connectivity index (χ2v) is 10.0. The Hall–Kier alpha value is -4.31. The number of imide groups is 1. The molecule has 0 radical (unpaired) electrons. The Labute approximate surface area is 243 Å². The normalized spacial score (nSPS) is 13.3. The smallest absolute Gasteiger partial charge is 0.295 e. The predicted molar refractivity (Wildman–Crippen MR) is 156 cm³/mol. The average Bonchev–Trinajstić information content (AvgIpc) is 3.29. The number of nitrogens with zero attached hydrogens (tertiary/aromatic N) is 3. The van der Waals surface area contributed by atoms with E-state index in [2.05, 4.69) is 10.6 Å². The molecule has 0 unspecified atom stereocenters. The van der Waals surface area contributed by atoms with E-state index in [-0.39, 0.29) is 43.3 Å². The van der Waals surface area contributed by atoms with Gasteiger partial charge in [0.15, 0.2) is 0 Å². The number of para-hydroxylation sites is 1. The zero-order chi connectivity index (χ0) is 28.7. The second-order valence-electron chi connectivity index (χ2n) is 8.82. The topological polar surface area (TPSA) is 105 Å². The van der Waals surface area contributed by atoms with Crippen molar-refractivity contribution in [2.75, 3.05) is 15.5 Å². The highest BCUT2D eigenvalue weighted by atomic mass is 35.5. The van der Waals surface area contributed by atoms with Crippen molar-refractivity contribution in [3.8, 4) is 5.69 Å². The first kappa shape index (κ1) is 27.3. The summed E-state index contributed by atoms with van der Waals surface area (Å²) in [6, 6.07) is 19.6. The van der Waals surface area contributed by atoms with E-state index < -0.39 is 17.7 Å². The molecule has 3 amide bonds. The van der Waals surface area contributed by atoms with E-state index in [0.29, 0.717) is 17.1 Å². The summed E-state index contributed by atoms with van der Waals surface area (Å²) in [7, 11) is 1.73. The monoisotopic (exact) mass is 595 g/mol. The van der Waals surface area contributed by atoms with Crippen LogP contribution in [0.1, 0.15) is 16.1 Å². The minimum Gasteiger partial charge on any atom is -0.350 e. The van der Waals surface area contributed by atoms with Crippen LogP contribution in [-0.4, -0.2) is 27.1 Å². The fraction of sp³-hybridized carbons (Fsp3) is 0.0714. The molecule has 2 heterocycles. The van der Waals surface area contributed by atoms with Crippen molar-refractivity contribution in [2.24, 2.45) is 7.05 Å². The molecule has 12 heteroatoms. The summed E-state index contributed by atoms with van der Waals surface area (Å²) >= 11 is 18.4. The van der Waals surface area contributed by atoms with Crippen LogP contribution in [0.25, 0.3) is 5.69 Å². The molecule has 0 saturated carbocycles. The van der Waals surface area contributed by atoms with Crippen molar-refractivity contribution in [1.82, 2.24) is 9.36 Å². The molecule has 2 N–H and O–H groups in total. The van der Waals surface area contributed by atoms with Crippen LogP contribution in [0.2, 0.25) is 10.0 Å². The third-order valence-corrected chi connectivity index (χ3v) is 7.29. The van der Waals surface area contributed by atoms with E-state index in [1.807, 2.05) is 18.2 Å². The predicted octanol–water partition coefficient (Wildman–Crippen LogP) is 5.48. The van der Waals surface area contributed by atoms with Crippen LogP contribution < -0.4 is 21.1 Å². The van der Waals surface area contributed by atoms with Gasteiger partial charge in [0.1, 0.15) is 16.4 Å². The number of benzene rings is 3. The maximum absolute atomic E-state index is 13.1. The number of rotatable bonds is 6. The molecule has 40 heavy (non-hydrogen) atoms. The molecule has 0 atom stereocenters. The van der Waals surface area contributed by atoms with Crippen molar-refractivity contribution in [1.29, 1.82) is 0 Å². The number of halogens is 3. The molecule has 0 bridgehead atoms. The summed E-state index contributed by atoms with van der Waals surface area (Å²) in [5, 5.41) is 5.65. The Kier molecular flexibility index (Phi) is 7.29. The van der Waals surface area contributed by atoms with Gasteiger partial charge in [0.05, 0.1) is 22.1 Å². The Morgan fingerprint density at radius 3 is 2.20 bits per heavy atom. The Bertz CT molecular complexity index is 1780. The number of carbonyl (C=O) groups is 3. The Morgan fingerprint density at radius 2 is 1.52 bits per heavy atom. The quantitative estimate of drug-likeness (QED) is 0.287. The van der Waals surface area contributed by atoms with E-state index in [1.54, 1.807) is 42.9 Å². The molecule has 1 aliphatic rings. The molecular formula is C28H20Cl3N5O4. The highest BCUT2D eigenvalue weighted by molar-refractivity contribution is 6.54. The minimum absolute atomic E-state index is 0.105. The average molecular weight is 597 g/mol. The summed E-state index contributed by atoms with van der Waals surface area (Å²) in [4.78, 5) is 52.8. The van der Waals surface area contributed by atoms with Crippen LogP contribution >= 0.6 is 34.8 Å². The third kappa shape index (κ3) is 4.79. The highest BCUT2D eigenvalue weighted by Gasteiger charge is 2.40. The summed E-state index contributed by atoms with van der Waals surface area (Å²) in [5.74, 6) is -1.97. The van der Waals surface area contributed by atoms with Gasteiger partial charge in [0.25, 0.3) is 23.3 Å². The molecule has 1 aromatic heterocycles. The zero-order valence-corrected chi connectivity index (χ0v) is 23.3. The van der Waals surface area contributed by atoms with Gasteiger partial charge in [0, 0.05) is 23.3 Å². The third-order valence-electron chi connectivity index (χ3n) is 6.39. The van der Waals surface area contributed by atoms with E-state index in [4.69, 9.17) is 34.8 Å². The van der Waals surface area contributed by atoms with Gasteiger partial charge in [-0.3, -0.25) is 23.9 Å². The maximum Gasteiger partial charge on any atom is 0.295 e. The van der Waals surface area contributed by atoms with Gasteiger partial charge >= 0.3 is 0 Å². The first-order valence-electron chi connectivity index (χ1n) is 11.8. The summed E-state index contributed by atoms with van der Waals surface area (Å²) in [6.07, 6.45) is 0. The lowest BCUT2D eigenvalue weighted by Crippen LogP contribution is -2.32. The minimum atomic E-state index is -0.756. The number of nitrogens with one attached hydrogen (secondary N) is 2. The van der Waals surface area contributed by atoms with Crippen LogP contribution in [0.3, 0.4) is 0 Å². The second kappa shape index (κ2) is 10.7. The van der Waals surface area contributed by atoms with Gasteiger partial charge < -0.3 is 10.6 Å². The molecular weight excluding hydrogens is 577 g/mol. The number of hydrogen-bond acceptors (Lipinski definition) is 5. The van der Waals surface area contributed by atoms with Crippen LogP contribution in [0, 0.1) is 6.92 Å². The molecule has 9 nitrogen and oxygen atoms in total. The lowest BCUT2D eigenvalue weighted by molar-refractivity contribution is -0.120. The van der Waals surface area contributed by atoms with Crippen LogP contribution in [0.4, 0.5) is 17.1 Å². The van der Waals surface area contributed by atoms with Gasteiger partial charge in [-0.2, -0.15) is 0 Å². The molecule has 3 aromatic carbocycles. The van der Waals surface area contributed by atoms with Crippen molar-refractivity contribution in [2.45, 2.75) is 6.92 Å². The molecule has 5 rings (SSSR count). The number of amides is 3. The van der Waals surface area contributed by atoms with Gasteiger partial charge in [-0.1, -0.05) is 53.0 Å². The zero-order valence-electron chi connectivity index (χ0n) is 21.0. The number of anilines is 3. The molecule has 0 fully saturated rings. The van der Waals surface area contributed by atoms with E-state index in [9.17, 15) is 19.2 Å². The fourth-order valence-electron chi connectivity index (χ4n) is 4.23. The van der Waals surface area contributed by atoms with Crippen LogP contribution in [0.15, 0.2) is 88.3 Å². The fourth-order valence-corrected chi connectivity index (χ4v) is 4.82. The van der Waals surface area contributed by atoms with Gasteiger partial charge in [-0.15, -0.1) is 0 Å². The summed E-state index contributed by atoms with van der Waals surface area (Å²) < 4.78 is 3.13. The number of carbonyl (C=O) groups excluding carboxylic acids is 3. The number of aromatic nitrogens is 2. The molecule has 0 aliphatic carbocycles. The van der Waals surface area contributed by atoms with Gasteiger partial charge in [-0.25, -0.2) is 9.58 Å². The van der Waals surface area contributed by atoms with Crippen molar-refractivity contribution < 1.29 is 14.4 Å². The molecule has 202 valence electrons. The first-order valence-corrected chi connectivity index (χ1v) is 13.0.